The van der Waals surface area contributed by atoms with Crippen LogP contribution >= 0.6 is 0 Å². The average molecular weight is 375 g/mol. The molecule has 0 spiro atoms. The van der Waals surface area contributed by atoms with E-state index < -0.39 is 0 Å². The fraction of sp³-hybridized carbons (Fsp3) is 0.400. The molecule has 2 N–H and O–H groups in total. The van der Waals surface area contributed by atoms with Crippen molar-refractivity contribution in [1.29, 1.82) is 0 Å². The van der Waals surface area contributed by atoms with E-state index in [-0.39, 0.29) is 22.8 Å². The summed E-state index contributed by atoms with van der Waals surface area (Å²) in [7, 11) is 0. The number of nitrogens with one attached hydrogen (secondary N) is 2. The fourth-order valence-electron chi connectivity index (χ4n) is 4.36. The van der Waals surface area contributed by atoms with Gasteiger partial charge in [0.1, 0.15) is 5.78 Å². The fourth-order valence-corrected chi connectivity index (χ4v) is 4.36. The van der Waals surface area contributed by atoms with Crippen molar-refractivity contribution in [2.45, 2.75) is 52.5 Å². The molecule has 0 aromatic heterocycles. The van der Waals surface area contributed by atoms with Crippen molar-refractivity contribution in [3.63, 3.8) is 0 Å². The van der Waals surface area contributed by atoms with E-state index in [1.54, 1.807) is 0 Å². The Morgan fingerprint density at radius 1 is 0.964 bits per heavy atom. The van der Waals surface area contributed by atoms with Crippen molar-refractivity contribution in [1.82, 2.24) is 0 Å². The third-order valence-corrected chi connectivity index (χ3v) is 5.84. The van der Waals surface area contributed by atoms with Gasteiger partial charge in [-0.05, 0) is 34.1 Å². The first-order chi connectivity index (χ1) is 13.1. The Morgan fingerprint density at radius 2 is 1.61 bits per heavy atom. The van der Waals surface area contributed by atoms with Gasteiger partial charge in [0.05, 0.1) is 23.3 Å². The molecule has 28 heavy (non-hydrogen) atoms. The number of Topliss-reactive ketones (excluding diaryl/α,β-unsaturated/α-hetero) is 1. The zero-order valence-electron chi connectivity index (χ0n) is 17.5. The lowest BCUT2D eigenvalue weighted by molar-refractivity contribution is -0.124. The molecule has 2 aliphatic rings. The van der Waals surface area contributed by atoms with Gasteiger partial charge in [0.25, 0.3) is 0 Å². The molecule has 2 aromatic carbocycles. The molecule has 1 aliphatic carbocycles. The van der Waals surface area contributed by atoms with E-state index in [9.17, 15) is 4.79 Å². The topological polar surface area (TPSA) is 41.1 Å². The SMILES string of the molecule is CC1(C)C=C2Nc3ccccc3N[C@@H](c3ccc(C(C)(C)C)cc3)[C@@H]2C(=O)C1. The van der Waals surface area contributed by atoms with Gasteiger partial charge in [-0.15, -0.1) is 0 Å². The number of carbonyl (C=O) groups is 1. The Bertz CT molecular complexity index is 932. The largest absolute Gasteiger partial charge is 0.375 e. The maximum absolute atomic E-state index is 13.2. The highest BCUT2D eigenvalue weighted by Gasteiger charge is 2.41. The molecule has 0 bridgehead atoms. The number of rotatable bonds is 1. The first kappa shape index (κ1) is 18.8. The summed E-state index contributed by atoms with van der Waals surface area (Å²) in [5, 5.41) is 7.23. The molecule has 0 saturated carbocycles. The highest BCUT2D eigenvalue weighted by molar-refractivity contribution is 5.90. The first-order valence-corrected chi connectivity index (χ1v) is 10.1. The van der Waals surface area contributed by atoms with Gasteiger partial charge in [0, 0.05) is 12.1 Å². The lowest BCUT2D eigenvalue weighted by atomic mass is 9.72. The second kappa shape index (κ2) is 6.51. The lowest BCUT2D eigenvalue weighted by Gasteiger charge is -2.35. The van der Waals surface area contributed by atoms with Gasteiger partial charge in [-0.3, -0.25) is 4.79 Å². The molecular weight excluding hydrogens is 344 g/mol. The Morgan fingerprint density at radius 3 is 2.25 bits per heavy atom. The van der Waals surface area contributed by atoms with E-state index in [4.69, 9.17) is 0 Å². The third-order valence-electron chi connectivity index (χ3n) is 5.84. The van der Waals surface area contributed by atoms with E-state index >= 15 is 0 Å². The summed E-state index contributed by atoms with van der Waals surface area (Å²) in [4.78, 5) is 13.2. The van der Waals surface area contributed by atoms with Crippen LogP contribution in [0.2, 0.25) is 0 Å². The van der Waals surface area contributed by atoms with E-state index in [2.05, 4.69) is 87.7 Å². The number of ketones is 1. The van der Waals surface area contributed by atoms with E-state index in [0.29, 0.717) is 12.2 Å². The Balaban J connectivity index is 1.82. The number of fused-ring (bicyclic) bond motifs is 2. The molecule has 1 heterocycles. The number of hydrogen-bond acceptors (Lipinski definition) is 3. The molecule has 0 unspecified atom stereocenters. The van der Waals surface area contributed by atoms with Crippen LogP contribution in [0, 0.1) is 11.3 Å². The summed E-state index contributed by atoms with van der Waals surface area (Å²) in [6, 6.07) is 16.9. The quantitative estimate of drug-likeness (QED) is 0.637. The highest BCUT2D eigenvalue weighted by atomic mass is 16.1. The van der Waals surface area contributed by atoms with E-state index in [0.717, 1.165) is 22.6 Å². The van der Waals surface area contributed by atoms with Crippen molar-refractivity contribution in [3.8, 4) is 0 Å². The van der Waals surface area contributed by atoms with Crippen LogP contribution in [0.5, 0.6) is 0 Å². The smallest absolute Gasteiger partial charge is 0.145 e. The summed E-state index contributed by atoms with van der Waals surface area (Å²) in [6.45, 7) is 10.9. The Labute approximate surface area is 168 Å². The lowest BCUT2D eigenvalue weighted by Crippen LogP contribution is -2.36. The van der Waals surface area contributed by atoms with Crippen LogP contribution in [-0.4, -0.2) is 5.78 Å². The highest BCUT2D eigenvalue weighted by Crippen LogP contribution is 2.45. The summed E-state index contributed by atoms with van der Waals surface area (Å²) in [5.74, 6) is 0.0844. The molecule has 0 radical (unpaired) electrons. The molecule has 0 amide bonds. The maximum Gasteiger partial charge on any atom is 0.145 e. The van der Waals surface area contributed by atoms with Gasteiger partial charge in [0.15, 0.2) is 0 Å². The molecule has 3 nitrogen and oxygen atoms in total. The second-order valence-electron chi connectivity index (χ2n) is 9.87. The van der Waals surface area contributed by atoms with Crippen LogP contribution in [0.15, 0.2) is 60.3 Å². The standard InChI is InChI=1S/C25H30N2O/c1-24(2,3)17-12-10-16(11-13-17)23-22-20(14-25(4,5)15-21(22)28)26-18-8-6-7-9-19(18)27-23/h6-14,22-23,26-27H,15H2,1-5H3/t22-,23-/m0/s1. The van der Waals surface area contributed by atoms with Crippen molar-refractivity contribution >= 4 is 17.2 Å². The van der Waals surface area contributed by atoms with Gasteiger partial charge >= 0.3 is 0 Å². The van der Waals surface area contributed by atoms with Crippen molar-refractivity contribution in [2.24, 2.45) is 11.3 Å². The van der Waals surface area contributed by atoms with Crippen LogP contribution in [0.25, 0.3) is 0 Å². The van der Waals surface area contributed by atoms with Crippen molar-refractivity contribution < 1.29 is 4.79 Å². The molecule has 2 atom stereocenters. The van der Waals surface area contributed by atoms with Gasteiger partial charge in [-0.1, -0.05) is 77.1 Å². The van der Waals surface area contributed by atoms with Crippen LogP contribution in [0.3, 0.4) is 0 Å². The minimum atomic E-state index is -0.207. The Kier molecular flexibility index (Phi) is 4.37. The number of benzene rings is 2. The predicted octanol–water partition coefficient (Wildman–Crippen LogP) is 6.06. The zero-order valence-corrected chi connectivity index (χ0v) is 17.5. The predicted molar refractivity (Wildman–Crippen MR) is 117 cm³/mol. The van der Waals surface area contributed by atoms with Crippen LogP contribution in [0.1, 0.15) is 58.2 Å². The summed E-state index contributed by atoms with van der Waals surface area (Å²) < 4.78 is 0. The summed E-state index contributed by atoms with van der Waals surface area (Å²) >= 11 is 0. The van der Waals surface area contributed by atoms with Gasteiger partial charge in [0.2, 0.25) is 0 Å². The molecule has 2 aromatic rings. The van der Waals surface area contributed by atoms with Gasteiger partial charge in [-0.2, -0.15) is 0 Å². The normalized spacial score (nSPS) is 23.5. The summed E-state index contributed by atoms with van der Waals surface area (Å²) in [5.41, 5.74) is 5.51. The minimum Gasteiger partial charge on any atom is -0.375 e. The molecule has 4 rings (SSSR count). The monoisotopic (exact) mass is 374 g/mol. The van der Waals surface area contributed by atoms with Gasteiger partial charge in [-0.25, -0.2) is 0 Å². The first-order valence-electron chi connectivity index (χ1n) is 10.1. The molecule has 146 valence electrons. The molecule has 0 saturated heterocycles. The maximum atomic E-state index is 13.2. The van der Waals surface area contributed by atoms with Crippen molar-refractivity contribution in [2.75, 3.05) is 10.6 Å². The van der Waals surface area contributed by atoms with Crippen molar-refractivity contribution in [3.05, 3.63) is 71.4 Å². The third kappa shape index (κ3) is 3.46. The van der Waals surface area contributed by atoms with Crippen LogP contribution in [0.4, 0.5) is 11.4 Å². The Hall–Kier alpha value is -2.55. The number of allylic oxidation sites excluding steroid dienone is 1. The molecule has 3 heteroatoms. The average Bonchev–Trinajstić information content (AvgIpc) is 2.76. The number of hydrogen-bond donors (Lipinski definition) is 2. The van der Waals surface area contributed by atoms with Crippen LogP contribution in [-0.2, 0) is 10.2 Å². The van der Waals surface area contributed by atoms with Crippen LogP contribution < -0.4 is 10.6 Å². The summed E-state index contributed by atoms with van der Waals surface area (Å²) in [6.07, 6.45) is 2.82. The van der Waals surface area contributed by atoms with E-state index in [1.165, 1.54) is 5.56 Å². The zero-order chi connectivity index (χ0) is 20.1. The molecule has 1 aliphatic heterocycles. The van der Waals surface area contributed by atoms with E-state index in [1.807, 2.05) is 12.1 Å². The second-order valence-corrected chi connectivity index (χ2v) is 9.87. The number of para-hydroxylation sites is 2. The van der Waals surface area contributed by atoms with Gasteiger partial charge < -0.3 is 10.6 Å². The minimum absolute atomic E-state index is 0.0833. The molecule has 0 fully saturated rings. The number of anilines is 2. The number of carbonyl (C=O) groups excluding carboxylic acids is 1. The molecular formula is C25H30N2O.